The average molecular weight is 407 g/mol. The molecule has 3 aromatic rings. The van der Waals surface area contributed by atoms with Crippen molar-refractivity contribution in [2.75, 3.05) is 46.6 Å². The second-order valence-corrected chi connectivity index (χ2v) is 7.78. The van der Waals surface area contributed by atoms with E-state index in [2.05, 4.69) is 26.9 Å². The SMILES string of the molecule is COc1ccc2c(C(=O)CN3CCN(Cc4ccc5c(c4)OCO5)CC3)c[nH]c2c1. The van der Waals surface area contributed by atoms with Gasteiger partial charge in [-0.05, 0) is 29.8 Å². The highest BCUT2D eigenvalue weighted by Gasteiger charge is 2.22. The minimum atomic E-state index is 0.149. The molecule has 1 aromatic heterocycles. The van der Waals surface area contributed by atoms with E-state index < -0.39 is 0 Å². The van der Waals surface area contributed by atoms with Crippen LogP contribution in [-0.2, 0) is 6.54 Å². The lowest BCUT2D eigenvalue weighted by Gasteiger charge is -2.34. The molecule has 1 saturated heterocycles. The maximum absolute atomic E-state index is 12.9. The highest BCUT2D eigenvalue weighted by atomic mass is 16.7. The molecule has 0 radical (unpaired) electrons. The Morgan fingerprint density at radius 3 is 2.67 bits per heavy atom. The number of methoxy groups -OCH3 is 1. The summed E-state index contributed by atoms with van der Waals surface area (Å²) >= 11 is 0. The number of hydrogen-bond acceptors (Lipinski definition) is 6. The van der Waals surface area contributed by atoms with Crippen molar-refractivity contribution in [3.63, 3.8) is 0 Å². The van der Waals surface area contributed by atoms with E-state index in [1.54, 1.807) is 7.11 Å². The smallest absolute Gasteiger partial charge is 0.231 e. The molecular weight excluding hydrogens is 382 g/mol. The van der Waals surface area contributed by atoms with Crippen LogP contribution in [-0.4, -0.2) is 67.2 Å². The number of nitrogens with one attached hydrogen (secondary N) is 1. The Bertz CT molecular complexity index is 1070. The number of piperazine rings is 1. The molecule has 1 N–H and O–H groups in total. The zero-order chi connectivity index (χ0) is 20.5. The molecule has 156 valence electrons. The van der Waals surface area contributed by atoms with E-state index in [-0.39, 0.29) is 5.78 Å². The molecule has 5 rings (SSSR count). The van der Waals surface area contributed by atoms with Crippen LogP contribution in [0.15, 0.2) is 42.6 Å². The van der Waals surface area contributed by atoms with Crippen molar-refractivity contribution in [1.82, 2.24) is 14.8 Å². The lowest BCUT2D eigenvalue weighted by Crippen LogP contribution is -2.47. The van der Waals surface area contributed by atoms with Gasteiger partial charge in [0.2, 0.25) is 6.79 Å². The van der Waals surface area contributed by atoms with Gasteiger partial charge in [0.05, 0.1) is 13.7 Å². The zero-order valence-electron chi connectivity index (χ0n) is 17.0. The molecule has 1 fully saturated rings. The molecule has 0 aliphatic carbocycles. The van der Waals surface area contributed by atoms with Crippen LogP contribution in [0.1, 0.15) is 15.9 Å². The van der Waals surface area contributed by atoms with E-state index >= 15 is 0 Å². The summed E-state index contributed by atoms with van der Waals surface area (Å²) in [6.07, 6.45) is 1.81. The van der Waals surface area contributed by atoms with Crippen molar-refractivity contribution >= 4 is 16.7 Å². The van der Waals surface area contributed by atoms with Crippen LogP contribution < -0.4 is 14.2 Å². The zero-order valence-corrected chi connectivity index (χ0v) is 17.0. The molecular formula is C23H25N3O4. The van der Waals surface area contributed by atoms with Crippen molar-refractivity contribution in [2.24, 2.45) is 0 Å². The van der Waals surface area contributed by atoms with E-state index in [1.807, 2.05) is 30.5 Å². The van der Waals surface area contributed by atoms with Crippen LogP contribution >= 0.6 is 0 Å². The molecule has 2 aromatic carbocycles. The fraction of sp³-hybridized carbons (Fsp3) is 0.348. The molecule has 2 aliphatic rings. The first-order valence-electron chi connectivity index (χ1n) is 10.2. The number of nitrogens with zero attached hydrogens (tertiary/aromatic N) is 2. The number of H-pyrrole nitrogens is 1. The van der Waals surface area contributed by atoms with Crippen LogP contribution in [0, 0.1) is 0 Å². The standard InChI is InChI=1S/C23H25N3O4/c1-28-17-3-4-18-19(12-24-20(18)11-17)21(27)14-26-8-6-25(7-9-26)13-16-2-5-22-23(10-16)30-15-29-22/h2-5,10-12,24H,6-9,13-15H2,1H3. The largest absolute Gasteiger partial charge is 0.497 e. The maximum Gasteiger partial charge on any atom is 0.231 e. The summed E-state index contributed by atoms with van der Waals surface area (Å²) in [7, 11) is 1.64. The van der Waals surface area contributed by atoms with Gasteiger partial charge in [0, 0.05) is 61.5 Å². The third-order valence-corrected chi connectivity index (χ3v) is 5.86. The van der Waals surface area contributed by atoms with Gasteiger partial charge in [-0.15, -0.1) is 0 Å². The van der Waals surface area contributed by atoms with Gasteiger partial charge in [-0.25, -0.2) is 0 Å². The second-order valence-electron chi connectivity index (χ2n) is 7.78. The van der Waals surface area contributed by atoms with Gasteiger partial charge in [0.1, 0.15) is 5.75 Å². The Morgan fingerprint density at radius 2 is 1.83 bits per heavy atom. The molecule has 0 atom stereocenters. The van der Waals surface area contributed by atoms with Gasteiger partial charge in [0.25, 0.3) is 0 Å². The lowest BCUT2D eigenvalue weighted by molar-refractivity contribution is 0.0845. The van der Waals surface area contributed by atoms with E-state index in [4.69, 9.17) is 14.2 Å². The van der Waals surface area contributed by atoms with Crippen LogP contribution in [0.2, 0.25) is 0 Å². The number of benzene rings is 2. The number of aromatic nitrogens is 1. The number of ketones is 1. The number of carbonyl (C=O) groups excluding carboxylic acids is 1. The van der Waals surface area contributed by atoms with Crippen LogP contribution in [0.5, 0.6) is 17.2 Å². The quantitative estimate of drug-likeness (QED) is 0.634. The van der Waals surface area contributed by atoms with Gasteiger partial charge in [0.15, 0.2) is 17.3 Å². The molecule has 2 aliphatic heterocycles. The fourth-order valence-corrected chi connectivity index (χ4v) is 4.15. The predicted octanol–water partition coefficient (Wildman–Crippen LogP) is 2.91. The first kappa shape index (κ1) is 19.0. The van der Waals surface area contributed by atoms with E-state index in [9.17, 15) is 4.79 Å². The lowest BCUT2D eigenvalue weighted by atomic mass is 10.1. The Labute approximate surface area is 175 Å². The summed E-state index contributed by atoms with van der Waals surface area (Å²) in [5.74, 6) is 2.57. The number of aromatic amines is 1. The maximum atomic E-state index is 12.9. The molecule has 7 heteroatoms. The highest BCUT2D eigenvalue weighted by Crippen LogP contribution is 2.33. The number of Topliss-reactive ketones (excluding diaryl/α,β-unsaturated/α-hetero) is 1. The Morgan fingerprint density at radius 1 is 1.03 bits per heavy atom. The van der Waals surface area contributed by atoms with Crippen molar-refractivity contribution in [1.29, 1.82) is 0 Å². The minimum Gasteiger partial charge on any atom is -0.497 e. The third kappa shape index (κ3) is 3.74. The Kier molecular flexibility index (Phi) is 5.06. The summed E-state index contributed by atoms with van der Waals surface area (Å²) in [5.41, 5.74) is 2.89. The van der Waals surface area contributed by atoms with Gasteiger partial charge >= 0.3 is 0 Å². The minimum absolute atomic E-state index is 0.149. The van der Waals surface area contributed by atoms with Crippen molar-refractivity contribution < 1.29 is 19.0 Å². The van der Waals surface area contributed by atoms with Crippen molar-refractivity contribution in [3.8, 4) is 17.2 Å². The highest BCUT2D eigenvalue weighted by molar-refractivity contribution is 6.09. The Hall–Kier alpha value is -3.03. The number of hydrogen-bond donors (Lipinski definition) is 1. The summed E-state index contributed by atoms with van der Waals surface area (Å²) < 4.78 is 16.1. The summed E-state index contributed by atoms with van der Waals surface area (Å²) in [5, 5.41) is 0.947. The topological polar surface area (TPSA) is 67.0 Å². The molecule has 0 unspecified atom stereocenters. The molecule has 0 bridgehead atoms. The number of ether oxygens (including phenoxy) is 3. The first-order valence-corrected chi connectivity index (χ1v) is 10.2. The van der Waals surface area contributed by atoms with Crippen molar-refractivity contribution in [3.05, 3.63) is 53.7 Å². The van der Waals surface area contributed by atoms with E-state index in [0.717, 1.165) is 66.4 Å². The van der Waals surface area contributed by atoms with Gasteiger partial charge in [-0.1, -0.05) is 6.07 Å². The van der Waals surface area contributed by atoms with Gasteiger partial charge in [-0.2, -0.15) is 0 Å². The monoisotopic (exact) mass is 407 g/mol. The van der Waals surface area contributed by atoms with Gasteiger partial charge < -0.3 is 19.2 Å². The van der Waals surface area contributed by atoms with Gasteiger partial charge in [-0.3, -0.25) is 14.6 Å². The first-order chi connectivity index (χ1) is 14.7. The normalized spacial score (nSPS) is 16.8. The molecule has 0 spiro atoms. The number of carbonyl (C=O) groups is 1. The molecule has 7 nitrogen and oxygen atoms in total. The second kappa shape index (κ2) is 8.01. The fourth-order valence-electron chi connectivity index (χ4n) is 4.15. The summed E-state index contributed by atoms with van der Waals surface area (Å²) in [6, 6.07) is 11.9. The van der Waals surface area contributed by atoms with Crippen LogP contribution in [0.4, 0.5) is 0 Å². The van der Waals surface area contributed by atoms with Crippen LogP contribution in [0.25, 0.3) is 10.9 Å². The molecule has 3 heterocycles. The Balaban J connectivity index is 1.17. The van der Waals surface area contributed by atoms with E-state index in [1.165, 1.54) is 5.56 Å². The van der Waals surface area contributed by atoms with E-state index in [0.29, 0.717) is 13.3 Å². The summed E-state index contributed by atoms with van der Waals surface area (Å²) in [6.45, 7) is 5.26. The predicted molar refractivity (Wildman–Crippen MR) is 113 cm³/mol. The molecule has 30 heavy (non-hydrogen) atoms. The van der Waals surface area contributed by atoms with Crippen molar-refractivity contribution in [2.45, 2.75) is 6.54 Å². The average Bonchev–Trinajstić information content (AvgIpc) is 3.41. The molecule has 0 amide bonds. The summed E-state index contributed by atoms with van der Waals surface area (Å²) in [4.78, 5) is 20.7. The molecule has 0 saturated carbocycles. The number of rotatable bonds is 6. The number of fused-ring (bicyclic) bond motifs is 2. The third-order valence-electron chi connectivity index (χ3n) is 5.86. The van der Waals surface area contributed by atoms with Crippen LogP contribution in [0.3, 0.4) is 0 Å².